The van der Waals surface area contributed by atoms with Crippen LogP contribution in [0.1, 0.15) is 25.3 Å². The molecule has 1 fully saturated rings. The molecular formula is C24H31N3O6S. The van der Waals surface area contributed by atoms with E-state index in [4.69, 9.17) is 9.47 Å². The van der Waals surface area contributed by atoms with Crippen molar-refractivity contribution in [1.82, 2.24) is 14.9 Å². The normalized spacial score (nSPS) is 17.4. The van der Waals surface area contributed by atoms with Gasteiger partial charge in [0.25, 0.3) is 0 Å². The van der Waals surface area contributed by atoms with Crippen molar-refractivity contribution in [3.05, 3.63) is 54.1 Å². The molecule has 0 bridgehead atoms. The van der Waals surface area contributed by atoms with Gasteiger partial charge in [0.2, 0.25) is 21.8 Å². The van der Waals surface area contributed by atoms with Gasteiger partial charge in [-0.1, -0.05) is 12.1 Å². The highest BCUT2D eigenvalue weighted by Gasteiger charge is 2.34. The Balaban J connectivity index is 1.55. The van der Waals surface area contributed by atoms with Crippen LogP contribution in [0.3, 0.4) is 0 Å². The van der Waals surface area contributed by atoms with Crippen LogP contribution in [0.5, 0.6) is 11.5 Å². The second-order valence-electron chi connectivity index (χ2n) is 8.18. The molecule has 9 nitrogen and oxygen atoms in total. The Morgan fingerprint density at radius 1 is 1.09 bits per heavy atom. The number of ether oxygens (including phenoxy) is 2. The summed E-state index contributed by atoms with van der Waals surface area (Å²) >= 11 is 0. The molecule has 0 aliphatic carbocycles. The highest BCUT2D eigenvalue weighted by Crippen LogP contribution is 2.25. The van der Waals surface area contributed by atoms with E-state index in [2.05, 4.69) is 10.6 Å². The molecule has 3 rings (SSSR count). The van der Waals surface area contributed by atoms with Crippen LogP contribution in [0.25, 0.3) is 0 Å². The first-order chi connectivity index (χ1) is 16.2. The van der Waals surface area contributed by atoms with E-state index >= 15 is 0 Å². The minimum atomic E-state index is -3.74. The van der Waals surface area contributed by atoms with Gasteiger partial charge in [0.05, 0.1) is 25.0 Å². The van der Waals surface area contributed by atoms with Crippen molar-refractivity contribution < 1.29 is 27.5 Å². The number of hydrogen-bond donors (Lipinski definition) is 2. The number of carbonyl (C=O) groups is 2. The van der Waals surface area contributed by atoms with Crippen LogP contribution in [-0.2, 0) is 26.2 Å². The van der Waals surface area contributed by atoms with Crippen LogP contribution < -0.4 is 20.1 Å². The first-order valence-electron chi connectivity index (χ1n) is 11.1. The number of benzene rings is 2. The van der Waals surface area contributed by atoms with E-state index < -0.39 is 22.0 Å². The second kappa shape index (κ2) is 11.3. The zero-order valence-electron chi connectivity index (χ0n) is 19.6. The lowest BCUT2D eigenvalue weighted by Crippen LogP contribution is -2.50. The molecular weight excluding hydrogens is 458 g/mol. The van der Waals surface area contributed by atoms with Gasteiger partial charge in [0.1, 0.15) is 17.5 Å². The Kier molecular flexibility index (Phi) is 8.51. The Morgan fingerprint density at radius 3 is 2.47 bits per heavy atom. The Morgan fingerprint density at radius 2 is 1.79 bits per heavy atom. The standard InChI is InChI=1S/C24H31N3O6S/c1-17(23(28)25-15-18-6-4-8-21(14-18)33-3)26-24(29)19-7-5-13-27(16-19)34(30,31)22-11-9-20(32-2)10-12-22/h4,6,8-12,14,17,19H,5,7,13,15-16H2,1-3H3,(H,25,28)(H,26,29)/t17-,19-/m0/s1. The maximum Gasteiger partial charge on any atom is 0.243 e. The highest BCUT2D eigenvalue weighted by molar-refractivity contribution is 7.89. The molecule has 2 N–H and O–H groups in total. The number of amides is 2. The van der Waals surface area contributed by atoms with Crippen molar-refractivity contribution >= 4 is 21.8 Å². The van der Waals surface area contributed by atoms with Gasteiger partial charge in [0.15, 0.2) is 0 Å². The van der Waals surface area contributed by atoms with Crippen LogP contribution in [0.15, 0.2) is 53.4 Å². The number of rotatable bonds is 9. The second-order valence-corrected chi connectivity index (χ2v) is 10.1. The fourth-order valence-corrected chi connectivity index (χ4v) is 5.32. The summed E-state index contributed by atoms with van der Waals surface area (Å²) in [7, 11) is -0.650. The van der Waals surface area contributed by atoms with Crippen molar-refractivity contribution in [1.29, 1.82) is 0 Å². The molecule has 34 heavy (non-hydrogen) atoms. The van der Waals surface area contributed by atoms with E-state index in [1.807, 2.05) is 24.3 Å². The van der Waals surface area contributed by atoms with Gasteiger partial charge in [-0.15, -0.1) is 0 Å². The number of hydrogen-bond acceptors (Lipinski definition) is 6. The Bertz CT molecular complexity index is 1100. The Labute approximate surface area is 200 Å². The number of sulfonamides is 1. The van der Waals surface area contributed by atoms with Gasteiger partial charge in [-0.05, 0) is 61.7 Å². The van der Waals surface area contributed by atoms with Crippen LogP contribution in [0.4, 0.5) is 0 Å². The summed E-state index contributed by atoms with van der Waals surface area (Å²) in [4.78, 5) is 25.4. The highest BCUT2D eigenvalue weighted by atomic mass is 32.2. The molecule has 184 valence electrons. The summed E-state index contributed by atoms with van der Waals surface area (Å²) in [5.74, 6) is 0.0665. The molecule has 1 saturated heterocycles. The van der Waals surface area contributed by atoms with Crippen LogP contribution in [0.2, 0.25) is 0 Å². The van der Waals surface area contributed by atoms with E-state index in [0.717, 1.165) is 5.56 Å². The lowest BCUT2D eigenvalue weighted by Gasteiger charge is -2.31. The van der Waals surface area contributed by atoms with Crippen LogP contribution >= 0.6 is 0 Å². The molecule has 0 radical (unpaired) electrons. The van der Waals surface area contributed by atoms with Crippen LogP contribution in [-0.4, -0.2) is 57.9 Å². The summed E-state index contributed by atoms with van der Waals surface area (Å²) in [5, 5.41) is 5.52. The topological polar surface area (TPSA) is 114 Å². The lowest BCUT2D eigenvalue weighted by atomic mass is 9.98. The van der Waals surface area contributed by atoms with E-state index in [0.29, 0.717) is 37.4 Å². The van der Waals surface area contributed by atoms with Gasteiger partial charge in [0, 0.05) is 19.6 Å². The molecule has 1 heterocycles. The number of nitrogens with zero attached hydrogens (tertiary/aromatic N) is 1. The zero-order valence-corrected chi connectivity index (χ0v) is 20.4. The van der Waals surface area contributed by atoms with E-state index in [1.165, 1.54) is 23.5 Å². The van der Waals surface area contributed by atoms with Gasteiger partial charge in [-0.3, -0.25) is 9.59 Å². The number of carbonyl (C=O) groups excluding carboxylic acids is 2. The number of methoxy groups -OCH3 is 2. The van der Waals surface area contributed by atoms with E-state index in [1.54, 1.807) is 26.2 Å². The minimum Gasteiger partial charge on any atom is -0.497 e. The summed E-state index contributed by atoms with van der Waals surface area (Å²) in [6, 6.07) is 12.7. The van der Waals surface area contributed by atoms with Crippen molar-refractivity contribution in [2.75, 3.05) is 27.3 Å². The molecule has 10 heteroatoms. The van der Waals surface area contributed by atoms with Crippen molar-refractivity contribution in [2.24, 2.45) is 5.92 Å². The molecule has 2 aromatic rings. The molecule has 2 atom stereocenters. The van der Waals surface area contributed by atoms with Crippen molar-refractivity contribution in [3.63, 3.8) is 0 Å². The van der Waals surface area contributed by atoms with Gasteiger partial charge >= 0.3 is 0 Å². The predicted octanol–water partition coefficient (Wildman–Crippen LogP) is 1.93. The zero-order chi connectivity index (χ0) is 24.7. The molecule has 0 saturated carbocycles. The number of nitrogens with one attached hydrogen (secondary N) is 2. The maximum atomic E-state index is 13.0. The van der Waals surface area contributed by atoms with Crippen molar-refractivity contribution in [2.45, 2.75) is 37.2 Å². The summed E-state index contributed by atoms with van der Waals surface area (Å²) in [6.07, 6.45) is 1.11. The quantitative estimate of drug-likeness (QED) is 0.556. The van der Waals surface area contributed by atoms with E-state index in [9.17, 15) is 18.0 Å². The molecule has 2 aromatic carbocycles. The van der Waals surface area contributed by atoms with Gasteiger partial charge < -0.3 is 20.1 Å². The third kappa shape index (κ3) is 6.27. The minimum absolute atomic E-state index is 0.0678. The molecule has 1 aliphatic heterocycles. The van der Waals surface area contributed by atoms with E-state index in [-0.39, 0.29) is 23.3 Å². The molecule has 1 aliphatic rings. The third-order valence-electron chi connectivity index (χ3n) is 5.81. The fourth-order valence-electron chi connectivity index (χ4n) is 3.79. The summed E-state index contributed by atoms with van der Waals surface area (Å²) in [6.45, 7) is 2.31. The fraction of sp³-hybridized carbons (Fsp3) is 0.417. The summed E-state index contributed by atoms with van der Waals surface area (Å²) in [5.41, 5.74) is 0.873. The van der Waals surface area contributed by atoms with Gasteiger partial charge in [-0.2, -0.15) is 4.31 Å². The third-order valence-corrected chi connectivity index (χ3v) is 7.68. The molecule has 2 amide bonds. The average Bonchev–Trinajstić information content (AvgIpc) is 2.87. The first kappa shape index (κ1) is 25.5. The maximum absolute atomic E-state index is 13.0. The average molecular weight is 490 g/mol. The smallest absolute Gasteiger partial charge is 0.243 e. The Hall–Kier alpha value is -3.11. The van der Waals surface area contributed by atoms with Crippen LogP contribution in [0, 0.1) is 5.92 Å². The lowest BCUT2D eigenvalue weighted by molar-refractivity contribution is -0.131. The summed E-state index contributed by atoms with van der Waals surface area (Å²) < 4.78 is 37.7. The van der Waals surface area contributed by atoms with Crippen molar-refractivity contribution in [3.8, 4) is 11.5 Å². The number of piperidine rings is 1. The van der Waals surface area contributed by atoms with Gasteiger partial charge in [-0.25, -0.2) is 8.42 Å². The molecule has 0 spiro atoms. The SMILES string of the molecule is COc1ccc(S(=O)(=O)N2CCC[C@H](C(=O)N[C@@H](C)C(=O)NCc3cccc(OC)c3)C2)cc1. The largest absolute Gasteiger partial charge is 0.497 e. The molecule has 0 aromatic heterocycles. The first-order valence-corrected chi connectivity index (χ1v) is 12.5. The molecule has 0 unspecified atom stereocenters. The monoisotopic (exact) mass is 489 g/mol. The predicted molar refractivity (Wildman–Crippen MR) is 127 cm³/mol.